The first-order chi connectivity index (χ1) is 13.4. The third kappa shape index (κ3) is 5.01. The van der Waals surface area contributed by atoms with Crippen LogP contribution in [-0.2, 0) is 9.53 Å². The number of ether oxygens (including phenoxy) is 1. The fraction of sp³-hybridized carbons (Fsp3) is 0.333. The average Bonchev–Trinajstić information content (AvgIpc) is 2.71. The van der Waals surface area contributed by atoms with E-state index in [-0.39, 0.29) is 10.6 Å². The van der Waals surface area contributed by atoms with Crippen molar-refractivity contribution >= 4 is 34.9 Å². The second kappa shape index (κ2) is 9.06. The number of anilines is 2. The van der Waals surface area contributed by atoms with Crippen LogP contribution in [0.15, 0.2) is 42.5 Å². The topological polar surface area (TPSA) is 58.6 Å². The van der Waals surface area contributed by atoms with Crippen molar-refractivity contribution < 1.29 is 18.7 Å². The van der Waals surface area contributed by atoms with Gasteiger partial charge in [-0.05, 0) is 68.7 Å². The summed E-state index contributed by atoms with van der Waals surface area (Å²) in [5, 5.41) is 2.91. The Morgan fingerprint density at radius 2 is 1.79 bits per heavy atom. The molecule has 0 unspecified atom stereocenters. The van der Waals surface area contributed by atoms with Gasteiger partial charge in [0.15, 0.2) is 6.10 Å². The van der Waals surface area contributed by atoms with Crippen molar-refractivity contribution in [2.75, 3.05) is 23.3 Å². The van der Waals surface area contributed by atoms with Gasteiger partial charge in [0.05, 0.1) is 5.56 Å². The van der Waals surface area contributed by atoms with E-state index >= 15 is 0 Å². The maximum Gasteiger partial charge on any atom is 0.341 e. The van der Waals surface area contributed by atoms with Crippen molar-refractivity contribution in [2.45, 2.75) is 32.3 Å². The van der Waals surface area contributed by atoms with Crippen LogP contribution < -0.4 is 10.2 Å². The molecule has 1 atom stereocenters. The SMILES string of the molecule is C[C@H](OC(=O)c1cc(Cl)ccc1F)C(=O)Nc1ccc(N2CCCCC2)cc1. The molecule has 0 aliphatic carbocycles. The number of nitrogens with one attached hydrogen (secondary N) is 1. The van der Waals surface area contributed by atoms with Crippen molar-refractivity contribution in [1.29, 1.82) is 0 Å². The first-order valence-electron chi connectivity index (χ1n) is 9.26. The number of benzene rings is 2. The molecular formula is C21H22ClFN2O3. The number of hydrogen-bond donors (Lipinski definition) is 1. The zero-order valence-corrected chi connectivity index (χ0v) is 16.3. The van der Waals surface area contributed by atoms with E-state index in [9.17, 15) is 14.0 Å². The molecule has 1 saturated heterocycles. The molecule has 0 aromatic heterocycles. The quantitative estimate of drug-likeness (QED) is 0.737. The zero-order chi connectivity index (χ0) is 20.1. The van der Waals surface area contributed by atoms with Gasteiger partial charge >= 0.3 is 5.97 Å². The Hall–Kier alpha value is -2.60. The fourth-order valence-electron chi connectivity index (χ4n) is 3.08. The van der Waals surface area contributed by atoms with Crippen LogP contribution >= 0.6 is 11.6 Å². The molecule has 0 bridgehead atoms. The highest BCUT2D eigenvalue weighted by molar-refractivity contribution is 6.30. The molecule has 148 valence electrons. The van der Waals surface area contributed by atoms with Crippen LogP contribution in [-0.4, -0.2) is 31.1 Å². The Kier molecular flexibility index (Phi) is 6.52. The van der Waals surface area contributed by atoms with Crippen LogP contribution in [0.3, 0.4) is 0 Å². The number of halogens is 2. The van der Waals surface area contributed by atoms with Gasteiger partial charge < -0.3 is 15.0 Å². The second-order valence-corrected chi connectivity index (χ2v) is 7.19. The highest BCUT2D eigenvalue weighted by Gasteiger charge is 2.21. The number of hydrogen-bond acceptors (Lipinski definition) is 4. The first-order valence-corrected chi connectivity index (χ1v) is 9.64. The largest absolute Gasteiger partial charge is 0.449 e. The van der Waals surface area contributed by atoms with Gasteiger partial charge in [-0.1, -0.05) is 11.6 Å². The first kappa shape index (κ1) is 20.1. The highest BCUT2D eigenvalue weighted by Crippen LogP contribution is 2.22. The van der Waals surface area contributed by atoms with Crippen LogP contribution in [0.25, 0.3) is 0 Å². The second-order valence-electron chi connectivity index (χ2n) is 6.76. The van der Waals surface area contributed by atoms with Gasteiger partial charge in [-0.15, -0.1) is 0 Å². The molecule has 0 spiro atoms. The number of amides is 1. The summed E-state index contributed by atoms with van der Waals surface area (Å²) in [6, 6.07) is 11.1. The number of carbonyl (C=O) groups is 2. The molecule has 7 heteroatoms. The van der Waals surface area contributed by atoms with Gasteiger partial charge in [-0.25, -0.2) is 9.18 Å². The van der Waals surface area contributed by atoms with E-state index in [1.807, 2.05) is 24.3 Å². The van der Waals surface area contributed by atoms with Crippen LogP contribution in [0.5, 0.6) is 0 Å². The molecule has 28 heavy (non-hydrogen) atoms. The van der Waals surface area contributed by atoms with Crippen molar-refractivity contribution in [2.24, 2.45) is 0 Å². The molecule has 1 aliphatic rings. The normalized spacial score (nSPS) is 15.0. The summed E-state index contributed by atoms with van der Waals surface area (Å²) in [4.78, 5) is 26.7. The lowest BCUT2D eigenvalue weighted by Gasteiger charge is -2.28. The molecular weight excluding hydrogens is 383 g/mol. The van der Waals surface area contributed by atoms with Gasteiger partial charge in [0.2, 0.25) is 0 Å². The van der Waals surface area contributed by atoms with Crippen molar-refractivity contribution in [3.63, 3.8) is 0 Å². The van der Waals surface area contributed by atoms with Gasteiger partial charge in [-0.3, -0.25) is 4.79 Å². The predicted octanol–water partition coefficient (Wildman–Crippen LogP) is 4.65. The van der Waals surface area contributed by atoms with Crippen LogP contribution in [0, 0.1) is 5.82 Å². The molecule has 1 aliphatic heterocycles. The van der Waals surface area contributed by atoms with Crippen molar-refractivity contribution in [3.8, 4) is 0 Å². The number of nitrogens with zero attached hydrogens (tertiary/aromatic N) is 1. The Morgan fingerprint density at radius 1 is 1.11 bits per heavy atom. The maximum atomic E-state index is 13.7. The van der Waals surface area contributed by atoms with E-state index in [1.165, 1.54) is 38.3 Å². The van der Waals surface area contributed by atoms with Crippen LogP contribution in [0.4, 0.5) is 15.8 Å². The third-order valence-electron chi connectivity index (χ3n) is 4.66. The Balaban J connectivity index is 1.57. The summed E-state index contributed by atoms with van der Waals surface area (Å²) >= 11 is 5.78. The van der Waals surface area contributed by atoms with Gasteiger partial charge in [0, 0.05) is 29.5 Å². The summed E-state index contributed by atoms with van der Waals surface area (Å²) in [5.74, 6) is -2.19. The van der Waals surface area contributed by atoms with Gasteiger partial charge in [-0.2, -0.15) is 0 Å². The summed E-state index contributed by atoms with van der Waals surface area (Å²) in [5.41, 5.74) is 1.41. The number of piperidine rings is 1. The molecule has 1 heterocycles. The van der Waals surface area contributed by atoms with Gasteiger partial charge in [0.25, 0.3) is 5.91 Å². The lowest BCUT2D eigenvalue weighted by Crippen LogP contribution is -2.30. The van der Waals surface area contributed by atoms with Crippen molar-refractivity contribution in [3.05, 3.63) is 58.9 Å². The minimum Gasteiger partial charge on any atom is -0.449 e. The summed E-state index contributed by atoms with van der Waals surface area (Å²) in [7, 11) is 0. The van der Waals surface area contributed by atoms with E-state index < -0.39 is 23.8 Å². The Morgan fingerprint density at radius 3 is 2.46 bits per heavy atom. The Bertz CT molecular complexity index is 851. The molecule has 0 radical (unpaired) electrons. The number of esters is 1. The zero-order valence-electron chi connectivity index (χ0n) is 15.6. The highest BCUT2D eigenvalue weighted by atomic mass is 35.5. The van der Waals surface area contributed by atoms with E-state index in [0.717, 1.165) is 24.8 Å². The smallest absolute Gasteiger partial charge is 0.341 e. The minimum atomic E-state index is -1.09. The van der Waals surface area contributed by atoms with E-state index in [4.69, 9.17) is 16.3 Å². The fourth-order valence-corrected chi connectivity index (χ4v) is 3.26. The van der Waals surface area contributed by atoms with Crippen molar-refractivity contribution in [1.82, 2.24) is 0 Å². The molecule has 2 aromatic rings. The minimum absolute atomic E-state index is 0.208. The lowest BCUT2D eigenvalue weighted by atomic mass is 10.1. The van der Waals surface area contributed by atoms with Crippen LogP contribution in [0.2, 0.25) is 5.02 Å². The van der Waals surface area contributed by atoms with E-state index in [2.05, 4.69) is 10.2 Å². The standard InChI is InChI=1S/C21H22ClFN2O3/c1-14(28-21(27)18-13-15(22)5-10-19(18)23)20(26)24-16-6-8-17(9-7-16)25-11-3-2-4-12-25/h5-10,13-14H,2-4,11-12H2,1H3,(H,24,26)/t14-/m0/s1. The monoisotopic (exact) mass is 404 g/mol. The average molecular weight is 405 g/mol. The molecule has 2 aromatic carbocycles. The van der Waals surface area contributed by atoms with Crippen LogP contribution in [0.1, 0.15) is 36.5 Å². The molecule has 0 saturated carbocycles. The maximum absolute atomic E-state index is 13.7. The third-order valence-corrected chi connectivity index (χ3v) is 4.89. The number of rotatable bonds is 5. The summed E-state index contributed by atoms with van der Waals surface area (Å²) in [6.45, 7) is 3.51. The molecule has 1 N–H and O–H groups in total. The summed E-state index contributed by atoms with van der Waals surface area (Å²) in [6.07, 6.45) is 2.55. The lowest BCUT2D eigenvalue weighted by molar-refractivity contribution is -0.123. The predicted molar refractivity (Wildman–Crippen MR) is 107 cm³/mol. The molecule has 5 nitrogen and oxygen atoms in total. The molecule has 1 amide bonds. The molecule has 1 fully saturated rings. The van der Waals surface area contributed by atoms with Gasteiger partial charge in [0.1, 0.15) is 5.82 Å². The number of carbonyl (C=O) groups excluding carboxylic acids is 2. The summed E-state index contributed by atoms with van der Waals surface area (Å²) < 4.78 is 18.8. The molecule has 3 rings (SSSR count). The van der Waals surface area contributed by atoms with E-state index in [1.54, 1.807) is 0 Å². The van der Waals surface area contributed by atoms with E-state index in [0.29, 0.717) is 5.69 Å². The Labute approximate surface area is 168 Å².